The van der Waals surface area contributed by atoms with Crippen LogP contribution in [0.15, 0.2) is 255 Å². The molecule has 0 unspecified atom stereocenters. The third-order valence-corrected chi connectivity index (χ3v) is 12.0. The number of aromatic nitrogens is 1. The standard InChI is InChI=1S/C60H42N2/c1-5-17-43(18-6-1)45-29-34-50(35-30-45)61(59-41-49(44-19-7-2-8-20-44)33-39-55(59)47-23-11-4-12-24-47)52-38-40-57-56-27-15-16-28-58(56)62(60(57)42-52)51-36-31-48(32-37-51)54-26-14-13-25-53(54)46-21-9-3-10-22-46/h1-42H. The first-order valence-electron chi connectivity index (χ1n) is 21.3. The highest BCUT2D eigenvalue weighted by Gasteiger charge is 2.21. The Morgan fingerprint density at radius 3 is 1.32 bits per heavy atom. The van der Waals surface area contributed by atoms with Crippen LogP contribution >= 0.6 is 0 Å². The fourth-order valence-electron chi connectivity index (χ4n) is 9.02. The molecule has 2 nitrogen and oxygen atoms in total. The maximum absolute atomic E-state index is 2.44. The molecule has 0 amide bonds. The van der Waals surface area contributed by atoms with Crippen LogP contribution in [0.4, 0.5) is 17.1 Å². The smallest absolute Gasteiger partial charge is 0.0561 e. The monoisotopic (exact) mass is 790 g/mol. The Morgan fingerprint density at radius 2 is 0.694 bits per heavy atom. The fraction of sp³-hybridized carbons (Fsp3) is 0. The van der Waals surface area contributed by atoms with Crippen LogP contribution in [0.3, 0.4) is 0 Å². The second-order valence-corrected chi connectivity index (χ2v) is 15.7. The maximum Gasteiger partial charge on any atom is 0.0561 e. The Hall–Kier alpha value is -8.20. The van der Waals surface area contributed by atoms with Gasteiger partial charge < -0.3 is 9.47 Å². The molecule has 0 radical (unpaired) electrons. The molecule has 0 saturated heterocycles. The van der Waals surface area contributed by atoms with Gasteiger partial charge in [0.1, 0.15) is 0 Å². The summed E-state index contributed by atoms with van der Waals surface area (Å²) >= 11 is 0. The average molecular weight is 791 g/mol. The third-order valence-electron chi connectivity index (χ3n) is 12.0. The molecule has 1 heterocycles. The van der Waals surface area contributed by atoms with Crippen LogP contribution in [0.2, 0.25) is 0 Å². The molecule has 0 N–H and O–H groups in total. The predicted molar refractivity (Wildman–Crippen MR) is 263 cm³/mol. The number of rotatable bonds is 9. The molecule has 0 saturated carbocycles. The maximum atomic E-state index is 2.44. The van der Waals surface area contributed by atoms with Crippen LogP contribution in [0.1, 0.15) is 0 Å². The summed E-state index contributed by atoms with van der Waals surface area (Å²) in [7, 11) is 0. The minimum Gasteiger partial charge on any atom is -0.310 e. The largest absolute Gasteiger partial charge is 0.310 e. The van der Waals surface area contributed by atoms with Crippen molar-refractivity contribution in [1.82, 2.24) is 4.57 Å². The number of hydrogen-bond donors (Lipinski definition) is 0. The summed E-state index contributed by atoms with van der Waals surface area (Å²) < 4.78 is 2.43. The molecule has 11 aromatic rings. The Labute approximate surface area is 362 Å². The first kappa shape index (κ1) is 36.8. The molecular weight excluding hydrogens is 749 g/mol. The molecule has 11 rings (SSSR count). The molecule has 0 aliphatic heterocycles. The van der Waals surface area contributed by atoms with Gasteiger partial charge in [-0.1, -0.05) is 206 Å². The highest BCUT2D eigenvalue weighted by atomic mass is 15.1. The van der Waals surface area contributed by atoms with Crippen molar-refractivity contribution in [3.8, 4) is 61.3 Å². The van der Waals surface area contributed by atoms with Gasteiger partial charge in [0, 0.05) is 33.4 Å². The van der Waals surface area contributed by atoms with Gasteiger partial charge in [-0.05, 0) is 98.6 Å². The molecule has 1 aromatic heterocycles. The predicted octanol–water partition coefficient (Wildman–Crippen LogP) is 16.6. The van der Waals surface area contributed by atoms with Gasteiger partial charge in [-0.25, -0.2) is 0 Å². The van der Waals surface area contributed by atoms with Gasteiger partial charge in [0.25, 0.3) is 0 Å². The van der Waals surface area contributed by atoms with Gasteiger partial charge in [-0.15, -0.1) is 0 Å². The summed E-state index contributed by atoms with van der Waals surface area (Å²) in [5, 5.41) is 2.44. The zero-order chi connectivity index (χ0) is 41.2. The fourth-order valence-corrected chi connectivity index (χ4v) is 9.02. The summed E-state index contributed by atoms with van der Waals surface area (Å²) in [4.78, 5) is 2.44. The lowest BCUT2D eigenvalue weighted by atomic mass is 9.94. The van der Waals surface area contributed by atoms with Crippen molar-refractivity contribution in [3.05, 3.63) is 255 Å². The van der Waals surface area contributed by atoms with E-state index in [0.29, 0.717) is 0 Å². The molecule has 0 fully saturated rings. The van der Waals surface area contributed by atoms with Gasteiger partial charge in [-0.2, -0.15) is 0 Å². The number of benzene rings is 10. The Bertz CT molecular complexity index is 3300. The average Bonchev–Trinajstić information content (AvgIpc) is 3.69. The summed E-state index contributed by atoms with van der Waals surface area (Å²) in [5.41, 5.74) is 18.6. The minimum absolute atomic E-state index is 1.07. The zero-order valence-electron chi connectivity index (χ0n) is 34.1. The third kappa shape index (κ3) is 6.84. The topological polar surface area (TPSA) is 8.17 Å². The van der Waals surface area contributed by atoms with Crippen LogP contribution in [0.5, 0.6) is 0 Å². The quantitative estimate of drug-likeness (QED) is 0.141. The van der Waals surface area contributed by atoms with Gasteiger partial charge in [-0.3, -0.25) is 0 Å². The van der Waals surface area contributed by atoms with E-state index >= 15 is 0 Å². The summed E-state index contributed by atoms with van der Waals surface area (Å²) in [5.74, 6) is 0. The molecule has 2 heteroatoms. The van der Waals surface area contributed by atoms with Crippen LogP contribution < -0.4 is 4.90 Å². The van der Waals surface area contributed by atoms with Crippen LogP contribution in [-0.2, 0) is 0 Å². The normalized spacial score (nSPS) is 11.2. The molecular formula is C60H42N2. The van der Waals surface area contributed by atoms with Crippen molar-refractivity contribution in [1.29, 1.82) is 0 Å². The molecule has 10 aromatic carbocycles. The van der Waals surface area contributed by atoms with E-state index in [1.165, 1.54) is 55.2 Å². The van der Waals surface area contributed by atoms with Crippen molar-refractivity contribution in [2.75, 3.05) is 4.90 Å². The number of fused-ring (bicyclic) bond motifs is 3. The first-order chi connectivity index (χ1) is 30.8. The number of nitrogens with zero attached hydrogens (tertiary/aromatic N) is 2. The molecule has 292 valence electrons. The second-order valence-electron chi connectivity index (χ2n) is 15.7. The molecule has 0 aliphatic rings. The SMILES string of the molecule is c1ccc(-c2ccc(N(c3ccc4c5ccccc5n(-c5ccc(-c6ccccc6-c6ccccc6)cc5)c4c3)c3cc(-c4ccccc4)ccc3-c3ccccc3)cc2)cc1. The van der Waals surface area contributed by atoms with Gasteiger partial charge in [0.15, 0.2) is 0 Å². The first-order valence-corrected chi connectivity index (χ1v) is 21.3. The molecule has 62 heavy (non-hydrogen) atoms. The van der Waals surface area contributed by atoms with E-state index in [-0.39, 0.29) is 0 Å². The van der Waals surface area contributed by atoms with Gasteiger partial charge in [0.2, 0.25) is 0 Å². The zero-order valence-corrected chi connectivity index (χ0v) is 34.1. The lowest BCUT2D eigenvalue weighted by Crippen LogP contribution is -2.11. The van der Waals surface area contributed by atoms with E-state index in [1.807, 2.05) is 0 Å². The summed E-state index contributed by atoms with van der Waals surface area (Å²) in [6, 6.07) is 92.1. The summed E-state index contributed by atoms with van der Waals surface area (Å²) in [6.07, 6.45) is 0. The van der Waals surface area contributed by atoms with Crippen LogP contribution in [-0.4, -0.2) is 4.57 Å². The minimum atomic E-state index is 1.07. The van der Waals surface area contributed by atoms with Crippen molar-refractivity contribution in [3.63, 3.8) is 0 Å². The number of anilines is 3. The van der Waals surface area contributed by atoms with Gasteiger partial charge in [0.05, 0.1) is 16.7 Å². The lowest BCUT2D eigenvalue weighted by molar-refractivity contribution is 1.18. The Balaban J connectivity index is 1.11. The van der Waals surface area contributed by atoms with Crippen molar-refractivity contribution in [2.45, 2.75) is 0 Å². The lowest BCUT2D eigenvalue weighted by Gasteiger charge is -2.29. The van der Waals surface area contributed by atoms with Crippen molar-refractivity contribution < 1.29 is 0 Å². The van der Waals surface area contributed by atoms with E-state index < -0.39 is 0 Å². The highest BCUT2D eigenvalue weighted by molar-refractivity contribution is 6.10. The van der Waals surface area contributed by atoms with Crippen molar-refractivity contribution >= 4 is 38.9 Å². The number of para-hydroxylation sites is 1. The molecule has 0 spiro atoms. The van der Waals surface area contributed by atoms with Crippen molar-refractivity contribution in [2.24, 2.45) is 0 Å². The van der Waals surface area contributed by atoms with E-state index in [4.69, 9.17) is 0 Å². The van der Waals surface area contributed by atoms with E-state index in [9.17, 15) is 0 Å². The van der Waals surface area contributed by atoms with E-state index in [1.54, 1.807) is 0 Å². The Morgan fingerprint density at radius 1 is 0.258 bits per heavy atom. The van der Waals surface area contributed by atoms with Crippen LogP contribution in [0.25, 0.3) is 83.1 Å². The molecule has 0 aliphatic carbocycles. The molecule has 0 atom stereocenters. The van der Waals surface area contributed by atoms with E-state index in [2.05, 4.69) is 264 Å². The highest BCUT2D eigenvalue weighted by Crippen LogP contribution is 2.45. The van der Waals surface area contributed by atoms with Crippen LogP contribution in [0, 0.1) is 0 Å². The molecule has 0 bridgehead atoms. The van der Waals surface area contributed by atoms with Gasteiger partial charge >= 0.3 is 0 Å². The van der Waals surface area contributed by atoms with E-state index in [0.717, 1.165) is 45.0 Å². The second kappa shape index (κ2) is 16.1. The number of hydrogen-bond acceptors (Lipinski definition) is 1. The summed E-state index contributed by atoms with van der Waals surface area (Å²) in [6.45, 7) is 0. The Kier molecular flexibility index (Phi) is 9.57.